The van der Waals surface area contributed by atoms with E-state index in [2.05, 4.69) is 5.32 Å². The van der Waals surface area contributed by atoms with Crippen LogP contribution in [0.4, 0.5) is 5.69 Å². The fourth-order valence-electron chi connectivity index (χ4n) is 2.36. The van der Waals surface area contributed by atoms with Crippen LogP contribution >= 0.6 is 0 Å². The zero-order valence-corrected chi connectivity index (χ0v) is 12.6. The zero-order valence-electron chi connectivity index (χ0n) is 11.8. The quantitative estimate of drug-likeness (QED) is 0.908. The molecule has 0 bridgehead atoms. The molecule has 20 heavy (non-hydrogen) atoms. The summed E-state index contributed by atoms with van der Waals surface area (Å²) in [6, 6.07) is 7.51. The molecular weight excluding hydrogens is 274 g/mol. The molecule has 2 atom stereocenters. The first-order valence-electron chi connectivity index (χ1n) is 6.94. The summed E-state index contributed by atoms with van der Waals surface area (Å²) >= 11 is 0. The molecule has 1 heterocycles. The molecule has 0 saturated carbocycles. The number of carbonyl (C=O) groups is 1. The summed E-state index contributed by atoms with van der Waals surface area (Å²) in [5, 5.41) is 2.91. The van der Waals surface area contributed by atoms with E-state index < -0.39 is 10.8 Å². The monoisotopic (exact) mass is 295 g/mol. The van der Waals surface area contributed by atoms with E-state index in [9.17, 15) is 9.00 Å². The van der Waals surface area contributed by atoms with E-state index in [4.69, 9.17) is 4.74 Å². The number of rotatable bonds is 5. The van der Waals surface area contributed by atoms with Crippen molar-refractivity contribution < 1.29 is 13.7 Å². The summed E-state index contributed by atoms with van der Waals surface area (Å²) in [5.41, 5.74) is 1.66. The Balaban J connectivity index is 1.94. The van der Waals surface area contributed by atoms with Crippen LogP contribution in [-0.2, 0) is 26.1 Å². The Morgan fingerprint density at radius 3 is 2.90 bits per heavy atom. The van der Waals surface area contributed by atoms with E-state index >= 15 is 0 Å². The molecule has 1 fully saturated rings. The maximum absolute atomic E-state index is 12.1. The van der Waals surface area contributed by atoms with Crippen LogP contribution in [-0.4, -0.2) is 29.1 Å². The summed E-state index contributed by atoms with van der Waals surface area (Å²) in [6.45, 7) is 0.753. The lowest BCUT2D eigenvalue weighted by Gasteiger charge is -2.22. The second kappa shape index (κ2) is 7.55. The second-order valence-corrected chi connectivity index (χ2v) is 6.55. The number of hydrogen-bond acceptors (Lipinski definition) is 3. The molecule has 0 aliphatic carbocycles. The van der Waals surface area contributed by atoms with Crippen LogP contribution in [0.25, 0.3) is 0 Å². The van der Waals surface area contributed by atoms with Crippen molar-refractivity contribution in [2.24, 2.45) is 0 Å². The minimum Gasteiger partial charge on any atom is -0.378 e. The van der Waals surface area contributed by atoms with E-state index in [1.54, 1.807) is 6.26 Å². The van der Waals surface area contributed by atoms with Crippen molar-refractivity contribution in [1.29, 1.82) is 0 Å². The van der Waals surface area contributed by atoms with Gasteiger partial charge in [0.15, 0.2) is 0 Å². The molecule has 1 aliphatic rings. The number of nitrogens with one attached hydrogen (secondary N) is 1. The Morgan fingerprint density at radius 1 is 1.40 bits per heavy atom. The van der Waals surface area contributed by atoms with Crippen molar-refractivity contribution in [3.05, 3.63) is 29.8 Å². The lowest BCUT2D eigenvalue weighted by Crippen LogP contribution is -2.25. The Kier molecular flexibility index (Phi) is 5.73. The van der Waals surface area contributed by atoms with Crippen LogP contribution in [0, 0.1) is 0 Å². The number of hydrogen-bond donors (Lipinski definition) is 1. The van der Waals surface area contributed by atoms with E-state index in [1.165, 1.54) is 0 Å². The molecule has 1 N–H and O–H groups in total. The molecule has 110 valence electrons. The van der Waals surface area contributed by atoms with Gasteiger partial charge in [0.05, 0.1) is 18.3 Å². The molecule has 2 rings (SSSR count). The minimum absolute atomic E-state index is 0.0359. The number of para-hydroxylation sites is 1. The normalized spacial score (nSPS) is 20.4. The Morgan fingerprint density at radius 2 is 2.20 bits per heavy atom. The molecule has 1 amide bonds. The molecule has 0 radical (unpaired) electrons. The number of carbonyl (C=O) groups excluding carboxylic acids is 1. The lowest BCUT2D eigenvalue weighted by molar-refractivity contribution is -0.119. The fraction of sp³-hybridized carbons (Fsp3) is 0.533. The molecule has 1 aromatic rings. The summed E-state index contributed by atoms with van der Waals surface area (Å²) in [5.74, 6) is 0.419. The highest BCUT2D eigenvalue weighted by molar-refractivity contribution is 7.83. The van der Waals surface area contributed by atoms with Crippen molar-refractivity contribution >= 4 is 22.4 Å². The van der Waals surface area contributed by atoms with Gasteiger partial charge in [0.25, 0.3) is 0 Å². The first kappa shape index (κ1) is 15.2. The van der Waals surface area contributed by atoms with Gasteiger partial charge < -0.3 is 10.1 Å². The largest absolute Gasteiger partial charge is 0.378 e. The standard InChI is InChI=1S/C15H21NO3S/c1-20(18)11-12-6-2-3-8-14(12)16-15(17)10-13-7-4-5-9-19-13/h2-3,6,8,13H,4-5,7,9-11H2,1H3,(H,16,17)/t13-,20+/m1/s1. The predicted octanol–water partition coefficient (Wildman–Crippen LogP) is 2.46. The van der Waals surface area contributed by atoms with Crippen molar-refractivity contribution in [1.82, 2.24) is 0 Å². The van der Waals surface area contributed by atoms with Crippen LogP contribution in [0.1, 0.15) is 31.2 Å². The third-order valence-electron chi connectivity index (χ3n) is 3.34. The van der Waals surface area contributed by atoms with Gasteiger partial charge in [-0.3, -0.25) is 9.00 Å². The zero-order chi connectivity index (χ0) is 14.4. The minimum atomic E-state index is -0.924. The van der Waals surface area contributed by atoms with Gasteiger partial charge in [-0.15, -0.1) is 0 Å². The first-order chi connectivity index (χ1) is 9.65. The van der Waals surface area contributed by atoms with Gasteiger partial charge >= 0.3 is 0 Å². The molecule has 4 nitrogen and oxygen atoms in total. The van der Waals surface area contributed by atoms with Gasteiger partial charge in [-0.05, 0) is 30.9 Å². The number of anilines is 1. The van der Waals surface area contributed by atoms with Crippen LogP contribution < -0.4 is 5.32 Å². The molecule has 1 saturated heterocycles. The maximum Gasteiger partial charge on any atom is 0.226 e. The van der Waals surface area contributed by atoms with Gasteiger partial charge in [0, 0.05) is 29.3 Å². The Bertz CT molecular complexity index is 484. The topological polar surface area (TPSA) is 55.4 Å². The summed E-state index contributed by atoms with van der Waals surface area (Å²) in [7, 11) is -0.924. The van der Waals surface area contributed by atoms with E-state index in [0.29, 0.717) is 12.2 Å². The molecule has 1 aliphatic heterocycles. The highest BCUT2D eigenvalue weighted by Gasteiger charge is 2.18. The molecule has 0 unspecified atom stereocenters. The van der Waals surface area contributed by atoms with Crippen LogP contribution in [0.5, 0.6) is 0 Å². The maximum atomic E-state index is 12.1. The van der Waals surface area contributed by atoms with Crippen LogP contribution in [0.3, 0.4) is 0 Å². The smallest absolute Gasteiger partial charge is 0.226 e. The predicted molar refractivity (Wildman–Crippen MR) is 81.1 cm³/mol. The Labute approximate surface area is 122 Å². The highest BCUT2D eigenvalue weighted by atomic mass is 32.2. The van der Waals surface area contributed by atoms with Crippen LogP contribution in [0.2, 0.25) is 0 Å². The second-order valence-electron chi connectivity index (χ2n) is 5.12. The van der Waals surface area contributed by atoms with Gasteiger partial charge in [0.1, 0.15) is 0 Å². The molecule has 1 aromatic carbocycles. The molecule has 5 heteroatoms. The van der Waals surface area contributed by atoms with Crippen molar-refractivity contribution in [2.45, 2.75) is 37.5 Å². The average molecular weight is 295 g/mol. The molecule has 0 spiro atoms. The molecule has 0 aromatic heterocycles. The van der Waals surface area contributed by atoms with Gasteiger partial charge in [-0.2, -0.15) is 0 Å². The third-order valence-corrected chi connectivity index (χ3v) is 4.05. The summed E-state index contributed by atoms with van der Waals surface area (Å²) in [6.07, 6.45) is 5.26. The average Bonchev–Trinajstić information content (AvgIpc) is 2.41. The van der Waals surface area contributed by atoms with Gasteiger partial charge in [-0.25, -0.2) is 0 Å². The number of ether oxygens (including phenoxy) is 1. The van der Waals surface area contributed by atoms with Crippen molar-refractivity contribution in [2.75, 3.05) is 18.2 Å². The van der Waals surface area contributed by atoms with Crippen molar-refractivity contribution in [3.63, 3.8) is 0 Å². The van der Waals surface area contributed by atoms with Gasteiger partial charge in [0.2, 0.25) is 5.91 Å². The highest BCUT2D eigenvalue weighted by Crippen LogP contribution is 2.19. The Hall–Kier alpha value is -1.20. The summed E-state index contributed by atoms with van der Waals surface area (Å²) < 4.78 is 16.9. The van der Waals surface area contributed by atoms with Gasteiger partial charge in [-0.1, -0.05) is 18.2 Å². The SMILES string of the molecule is C[S@](=O)Cc1ccccc1NC(=O)C[C@H]1CCCCO1. The van der Waals surface area contributed by atoms with E-state index in [-0.39, 0.29) is 12.0 Å². The fourth-order valence-corrected chi connectivity index (χ4v) is 3.05. The van der Waals surface area contributed by atoms with Crippen molar-refractivity contribution in [3.8, 4) is 0 Å². The lowest BCUT2D eigenvalue weighted by atomic mass is 10.1. The van der Waals surface area contributed by atoms with Crippen LogP contribution in [0.15, 0.2) is 24.3 Å². The molecular formula is C15H21NO3S. The first-order valence-corrected chi connectivity index (χ1v) is 8.67. The van der Waals surface area contributed by atoms with E-state index in [0.717, 1.165) is 37.1 Å². The number of benzene rings is 1. The van der Waals surface area contributed by atoms with E-state index in [1.807, 2.05) is 24.3 Å². The number of amides is 1. The summed E-state index contributed by atoms with van der Waals surface area (Å²) in [4.78, 5) is 12.1. The third kappa shape index (κ3) is 4.72.